The number of nitrogens with one attached hydrogen (secondary N) is 1. The third-order valence-corrected chi connectivity index (χ3v) is 4.82. The van der Waals surface area contributed by atoms with Gasteiger partial charge >= 0.3 is 0 Å². The van der Waals surface area contributed by atoms with Gasteiger partial charge in [-0.1, -0.05) is 13.8 Å². The Morgan fingerprint density at radius 1 is 1.17 bits per heavy atom. The summed E-state index contributed by atoms with van der Waals surface area (Å²) in [5, 5.41) is 3.06. The molecule has 0 unspecified atom stereocenters. The van der Waals surface area contributed by atoms with Gasteiger partial charge in [-0.25, -0.2) is 0 Å². The van der Waals surface area contributed by atoms with Crippen molar-refractivity contribution in [1.29, 1.82) is 0 Å². The number of hydrogen-bond donors (Lipinski definition) is 1. The standard InChI is InChI=1S/C18H21NO3S/c1-11(2)8-12(3)19-18(20)17-7-6-16(23-17)13-4-5-14-15(9-13)22-10-21-14/h4-7,9,11-12H,8,10H2,1-3H3,(H,19,20)/t12-/m1/s1. The largest absolute Gasteiger partial charge is 0.454 e. The fraction of sp³-hybridized carbons (Fsp3) is 0.389. The maximum atomic E-state index is 12.3. The number of carbonyl (C=O) groups excluding carboxylic acids is 1. The Bertz CT molecular complexity index is 708. The summed E-state index contributed by atoms with van der Waals surface area (Å²) in [6.45, 7) is 6.63. The molecular weight excluding hydrogens is 310 g/mol. The van der Waals surface area contributed by atoms with Gasteiger partial charge in [0.2, 0.25) is 6.79 Å². The van der Waals surface area contributed by atoms with Crippen LogP contribution < -0.4 is 14.8 Å². The van der Waals surface area contributed by atoms with E-state index in [0.29, 0.717) is 5.92 Å². The van der Waals surface area contributed by atoms with Gasteiger partial charge in [0, 0.05) is 10.9 Å². The molecule has 1 N–H and O–H groups in total. The molecule has 1 aromatic carbocycles. The molecule has 0 radical (unpaired) electrons. The third-order valence-electron chi connectivity index (χ3n) is 3.69. The first-order valence-corrected chi connectivity index (χ1v) is 8.65. The highest BCUT2D eigenvalue weighted by atomic mass is 32.1. The zero-order valence-electron chi connectivity index (χ0n) is 13.6. The lowest BCUT2D eigenvalue weighted by molar-refractivity contribution is 0.0940. The van der Waals surface area contributed by atoms with Crippen molar-refractivity contribution in [1.82, 2.24) is 5.32 Å². The Kier molecular flexibility index (Phi) is 4.57. The Labute approximate surface area is 140 Å². The Balaban J connectivity index is 1.71. The van der Waals surface area contributed by atoms with E-state index in [9.17, 15) is 4.79 Å². The molecule has 0 saturated carbocycles. The van der Waals surface area contributed by atoms with E-state index >= 15 is 0 Å². The van der Waals surface area contributed by atoms with Gasteiger partial charge in [-0.15, -0.1) is 11.3 Å². The second-order valence-electron chi connectivity index (χ2n) is 6.24. The van der Waals surface area contributed by atoms with E-state index in [2.05, 4.69) is 19.2 Å². The van der Waals surface area contributed by atoms with Crippen molar-refractivity contribution in [3.63, 3.8) is 0 Å². The van der Waals surface area contributed by atoms with Crippen molar-refractivity contribution in [3.05, 3.63) is 35.2 Å². The summed E-state index contributed by atoms with van der Waals surface area (Å²) in [5.41, 5.74) is 1.04. The summed E-state index contributed by atoms with van der Waals surface area (Å²) in [6, 6.07) is 9.88. The molecule has 1 aromatic heterocycles. The SMILES string of the molecule is CC(C)C[C@@H](C)NC(=O)c1ccc(-c2ccc3c(c2)OCO3)s1. The zero-order valence-corrected chi connectivity index (χ0v) is 14.4. The van der Waals surface area contributed by atoms with Crippen molar-refractivity contribution >= 4 is 17.2 Å². The van der Waals surface area contributed by atoms with Crippen LogP contribution in [0.25, 0.3) is 10.4 Å². The number of carbonyl (C=O) groups is 1. The smallest absolute Gasteiger partial charge is 0.261 e. The van der Waals surface area contributed by atoms with E-state index in [-0.39, 0.29) is 18.7 Å². The van der Waals surface area contributed by atoms with E-state index in [0.717, 1.165) is 33.2 Å². The summed E-state index contributed by atoms with van der Waals surface area (Å²) in [5.74, 6) is 2.09. The lowest BCUT2D eigenvalue weighted by Crippen LogP contribution is -2.32. The van der Waals surface area contributed by atoms with Crippen LogP contribution in [-0.2, 0) is 0 Å². The van der Waals surface area contributed by atoms with Gasteiger partial charge in [-0.05, 0) is 55.2 Å². The van der Waals surface area contributed by atoms with Gasteiger partial charge in [0.25, 0.3) is 5.91 Å². The predicted octanol–water partition coefficient (Wildman–Crippen LogP) is 4.31. The van der Waals surface area contributed by atoms with Crippen LogP contribution in [0.3, 0.4) is 0 Å². The highest BCUT2D eigenvalue weighted by Gasteiger charge is 2.17. The number of benzene rings is 1. The number of rotatable bonds is 5. The van der Waals surface area contributed by atoms with Crippen molar-refractivity contribution < 1.29 is 14.3 Å². The molecule has 5 heteroatoms. The van der Waals surface area contributed by atoms with Gasteiger partial charge in [0.15, 0.2) is 11.5 Å². The molecule has 0 saturated heterocycles. The summed E-state index contributed by atoms with van der Waals surface area (Å²) in [4.78, 5) is 14.1. The number of hydrogen-bond acceptors (Lipinski definition) is 4. The minimum atomic E-state index is -0.00450. The molecule has 1 aliphatic heterocycles. The fourth-order valence-corrected chi connectivity index (χ4v) is 3.63. The Hall–Kier alpha value is -2.01. The van der Waals surface area contributed by atoms with E-state index in [1.165, 1.54) is 11.3 Å². The van der Waals surface area contributed by atoms with Crippen LogP contribution in [0.5, 0.6) is 11.5 Å². The third kappa shape index (κ3) is 3.67. The topological polar surface area (TPSA) is 47.6 Å². The number of fused-ring (bicyclic) bond motifs is 1. The maximum Gasteiger partial charge on any atom is 0.261 e. The van der Waals surface area contributed by atoms with Crippen LogP contribution in [0.4, 0.5) is 0 Å². The second-order valence-corrected chi connectivity index (χ2v) is 7.32. The van der Waals surface area contributed by atoms with Crippen molar-refractivity contribution in [2.75, 3.05) is 6.79 Å². The average Bonchev–Trinajstić information content (AvgIpc) is 3.14. The number of amides is 1. The maximum absolute atomic E-state index is 12.3. The minimum Gasteiger partial charge on any atom is -0.454 e. The first-order chi connectivity index (χ1) is 11.0. The van der Waals surface area contributed by atoms with Gasteiger partial charge in [0.05, 0.1) is 4.88 Å². The van der Waals surface area contributed by atoms with Crippen LogP contribution >= 0.6 is 11.3 Å². The van der Waals surface area contributed by atoms with Crippen LogP contribution in [0, 0.1) is 5.92 Å². The van der Waals surface area contributed by atoms with Crippen LogP contribution in [-0.4, -0.2) is 18.7 Å². The van der Waals surface area contributed by atoms with Gasteiger partial charge in [0.1, 0.15) is 0 Å². The Morgan fingerprint density at radius 2 is 1.96 bits per heavy atom. The number of thiophene rings is 1. The van der Waals surface area contributed by atoms with E-state index in [4.69, 9.17) is 9.47 Å². The molecule has 2 heterocycles. The van der Waals surface area contributed by atoms with Gasteiger partial charge in [-0.3, -0.25) is 4.79 Å². The first-order valence-electron chi connectivity index (χ1n) is 7.83. The normalized spacial score (nSPS) is 14.1. The van der Waals surface area contributed by atoms with Gasteiger partial charge < -0.3 is 14.8 Å². The van der Waals surface area contributed by atoms with Crippen molar-refractivity contribution in [3.8, 4) is 21.9 Å². The van der Waals surface area contributed by atoms with E-state index < -0.39 is 0 Å². The summed E-state index contributed by atoms with van der Waals surface area (Å²) in [7, 11) is 0. The lowest BCUT2D eigenvalue weighted by atomic mass is 10.1. The zero-order chi connectivity index (χ0) is 16.4. The Morgan fingerprint density at radius 3 is 2.74 bits per heavy atom. The van der Waals surface area contributed by atoms with Crippen LogP contribution in [0.2, 0.25) is 0 Å². The molecule has 0 bridgehead atoms. The molecule has 1 amide bonds. The van der Waals surface area contributed by atoms with Gasteiger partial charge in [-0.2, -0.15) is 0 Å². The molecule has 23 heavy (non-hydrogen) atoms. The van der Waals surface area contributed by atoms with E-state index in [1.54, 1.807) is 0 Å². The molecule has 1 aliphatic rings. The average molecular weight is 331 g/mol. The second kappa shape index (κ2) is 6.62. The molecule has 0 fully saturated rings. The van der Waals surface area contributed by atoms with E-state index in [1.807, 2.05) is 37.3 Å². The first kappa shape index (κ1) is 15.9. The fourth-order valence-electron chi connectivity index (χ4n) is 2.73. The quantitative estimate of drug-likeness (QED) is 0.888. The highest BCUT2D eigenvalue weighted by Crippen LogP contribution is 2.37. The molecule has 122 valence electrons. The predicted molar refractivity (Wildman–Crippen MR) is 92.3 cm³/mol. The molecule has 3 rings (SSSR count). The highest BCUT2D eigenvalue weighted by molar-refractivity contribution is 7.17. The van der Waals surface area contributed by atoms with Crippen molar-refractivity contribution in [2.24, 2.45) is 5.92 Å². The lowest BCUT2D eigenvalue weighted by Gasteiger charge is -2.15. The summed E-state index contributed by atoms with van der Waals surface area (Å²) in [6.07, 6.45) is 0.978. The minimum absolute atomic E-state index is 0.00450. The number of ether oxygens (including phenoxy) is 2. The molecular formula is C18H21NO3S. The molecule has 0 aliphatic carbocycles. The van der Waals surface area contributed by atoms with Crippen molar-refractivity contribution in [2.45, 2.75) is 33.2 Å². The monoisotopic (exact) mass is 331 g/mol. The van der Waals surface area contributed by atoms with Crippen LogP contribution in [0.15, 0.2) is 30.3 Å². The molecule has 1 atom stereocenters. The molecule has 0 spiro atoms. The van der Waals surface area contributed by atoms with Crippen LogP contribution in [0.1, 0.15) is 36.9 Å². The summed E-state index contributed by atoms with van der Waals surface area (Å²) >= 11 is 1.49. The molecule has 2 aromatic rings. The molecule has 4 nitrogen and oxygen atoms in total. The summed E-state index contributed by atoms with van der Waals surface area (Å²) < 4.78 is 10.7.